The van der Waals surface area contributed by atoms with Crippen LogP contribution in [0, 0.1) is 0 Å². The first kappa shape index (κ1) is 10.9. The van der Waals surface area contributed by atoms with Crippen LogP contribution in [0.15, 0.2) is 18.5 Å². The average molecular weight is 231 g/mol. The van der Waals surface area contributed by atoms with Gasteiger partial charge in [0.15, 0.2) is 0 Å². The summed E-state index contributed by atoms with van der Waals surface area (Å²) in [5.41, 5.74) is -2.48. The maximum atomic E-state index is 12.6. The summed E-state index contributed by atoms with van der Waals surface area (Å²) in [6, 6.07) is 1.14. The van der Waals surface area contributed by atoms with E-state index in [0.717, 1.165) is 6.07 Å². The van der Waals surface area contributed by atoms with Gasteiger partial charge in [-0.15, -0.1) is 0 Å². The summed E-state index contributed by atoms with van der Waals surface area (Å²) >= 11 is 0. The van der Waals surface area contributed by atoms with Crippen molar-refractivity contribution in [1.29, 1.82) is 0 Å². The number of nitrogens with zero attached hydrogens (tertiary/aromatic N) is 1. The minimum Gasteiger partial charge on any atom is -0.481 e. The molecule has 0 atom stereocenters. The van der Waals surface area contributed by atoms with Crippen LogP contribution in [0.25, 0.3) is 0 Å². The smallest absolute Gasteiger partial charge is 0.418 e. The van der Waals surface area contributed by atoms with Crippen molar-refractivity contribution >= 4 is 5.97 Å². The Hall–Kier alpha value is -1.59. The molecule has 1 aromatic rings. The summed E-state index contributed by atoms with van der Waals surface area (Å²) in [6.45, 7) is 0. The highest BCUT2D eigenvalue weighted by molar-refractivity contribution is 5.85. The number of pyridine rings is 1. The molecular weight excluding hydrogens is 223 g/mol. The zero-order valence-corrected chi connectivity index (χ0v) is 8.08. The molecule has 0 amide bonds. The largest absolute Gasteiger partial charge is 0.481 e. The lowest BCUT2D eigenvalue weighted by atomic mass is 9.92. The monoisotopic (exact) mass is 231 g/mol. The van der Waals surface area contributed by atoms with Crippen LogP contribution in [-0.2, 0) is 16.4 Å². The number of carbonyl (C=O) groups is 1. The molecule has 0 aliphatic heterocycles. The van der Waals surface area contributed by atoms with Crippen LogP contribution in [0.1, 0.15) is 24.0 Å². The molecule has 1 N–H and O–H groups in total. The quantitative estimate of drug-likeness (QED) is 0.848. The summed E-state index contributed by atoms with van der Waals surface area (Å²) in [5.74, 6) is -1.20. The summed E-state index contributed by atoms with van der Waals surface area (Å²) in [5, 5.41) is 8.96. The van der Waals surface area contributed by atoms with Crippen LogP contribution in [-0.4, -0.2) is 16.1 Å². The van der Waals surface area contributed by atoms with Gasteiger partial charge in [0.05, 0.1) is 11.0 Å². The SMILES string of the molecule is O=C(O)C1(c2ccncc2C(F)(F)F)CC1. The van der Waals surface area contributed by atoms with Crippen LogP contribution in [0.3, 0.4) is 0 Å². The first-order valence-corrected chi connectivity index (χ1v) is 4.63. The average Bonchev–Trinajstić information content (AvgIpc) is 2.97. The lowest BCUT2D eigenvalue weighted by molar-refractivity contribution is -0.142. The number of alkyl halides is 3. The molecule has 1 fully saturated rings. The topological polar surface area (TPSA) is 50.2 Å². The van der Waals surface area contributed by atoms with Crippen LogP contribution >= 0.6 is 0 Å². The van der Waals surface area contributed by atoms with E-state index in [0.29, 0.717) is 6.20 Å². The van der Waals surface area contributed by atoms with Crippen LogP contribution < -0.4 is 0 Å². The zero-order valence-electron chi connectivity index (χ0n) is 8.08. The van der Waals surface area contributed by atoms with Gasteiger partial charge in [-0.25, -0.2) is 0 Å². The van der Waals surface area contributed by atoms with Crippen molar-refractivity contribution in [1.82, 2.24) is 4.98 Å². The number of aliphatic carboxylic acids is 1. The van der Waals surface area contributed by atoms with E-state index in [9.17, 15) is 18.0 Å². The van der Waals surface area contributed by atoms with Gasteiger partial charge in [-0.05, 0) is 24.5 Å². The summed E-state index contributed by atoms with van der Waals surface area (Å²) in [7, 11) is 0. The standard InChI is InChI=1S/C10H8F3NO2/c11-10(12,13)7-5-14-4-1-6(7)9(2-3-9)8(15)16/h1,4-5H,2-3H2,(H,15,16). The molecule has 1 saturated carbocycles. The van der Waals surface area contributed by atoms with E-state index < -0.39 is 23.1 Å². The highest BCUT2D eigenvalue weighted by atomic mass is 19.4. The molecule has 0 aromatic carbocycles. The van der Waals surface area contributed by atoms with E-state index >= 15 is 0 Å². The number of rotatable bonds is 2. The Bertz CT molecular complexity index is 438. The van der Waals surface area contributed by atoms with E-state index in [2.05, 4.69) is 4.98 Å². The number of aromatic nitrogens is 1. The Morgan fingerprint density at radius 1 is 1.44 bits per heavy atom. The molecule has 0 unspecified atom stereocenters. The molecule has 0 bridgehead atoms. The van der Waals surface area contributed by atoms with Crippen LogP contribution in [0.4, 0.5) is 13.2 Å². The minimum absolute atomic E-state index is 0.178. The predicted molar refractivity (Wildman–Crippen MR) is 47.8 cm³/mol. The van der Waals surface area contributed by atoms with E-state index in [-0.39, 0.29) is 18.4 Å². The van der Waals surface area contributed by atoms with E-state index in [1.54, 1.807) is 0 Å². The Kier molecular flexibility index (Phi) is 2.18. The van der Waals surface area contributed by atoms with Crippen LogP contribution in [0.5, 0.6) is 0 Å². The van der Waals surface area contributed by atoms with Crippen molar-refractivity contribution in [2.45, 2.75) is 24.4 Å². The molecule has 0 spiro atoms. The maximum absolute atomic E-state index is 12.6. The Labute approximate surface area is 88.9 Å². The zero-order chi connectivity index (χ0) is 12.0. The fourth-order valence-corrected chi connectivity index (χ4v) is 1.76. The molecule has 6 heteroatoms. The maximum Gasteiger partial charge on any atom is 0.418 e. The third-order valence-corrected chi connectivity index (χ3v) is 2.80. The lowest BCUT2D eigenvalue weighted by Gasteiger charge is -2.16. The first-order chi connectivity index (χ1) is 7.38. The number of carboxylic acids is 1. The molecular formula is C10H8F3NO2. The van der Waals surface area contributed by atoms with E-state index in [4.69, 9.17) is 5.11 Å². The molecule has 1 aliphatic rings. The first-order valence-electron chi connectivity index (χ1n) is 4.63. The second-order valence-corrected chi connectivity index (χ2v) is 3.81. The second-order valence-electron chi connectivity index (χ2n) is 3.81. The van der Waals surface area contributed by atoms with Crippen molar-refractivity contribution in [2.75, 3.05) is 0 Å². The van der Waals surface area contributed by atoms with Gasteiger partial charge in [-0.2, -0.15) is 13.2 Å². The van der Waals surface area contributed by atoms with Gasteiger partial charge in [0.2, 0.25) is 0 Å². The molecule has 1 heterocycles. The summed E-state index contributed by atoms with van der Waals surface area (Å²) < 4.78 is 37.9. The Balaban J connectivity index is 2.54. The van der Waals surface area contributed by atoms with Crippen molar-refractivity contribution in [2.24, 2.45) is 0 Å². The fourth-order valence-electron chi connectivity index (χ4n) is 1.76. The Morgan fingerprint density at radius 2 is 2.06 bits per heavy atom. The molecule has 2 rings (SSSR count). The van der Waals surface area contributed by atoms with Crippen molar-refractivity contribution in [3.63, 3.8) is 0 Å². The highest BCUT2D eigenvalue weighted by Crippen LogP contribution is 2.51. The molecule has 0 saturated heterocycles. The second kappa shape index (κ2) is 3.20. The molecule has 16 heavy (non-hydrogen) atoms. The summed E-state index contributed by atoms with van der Waals surface area (Å²) in [4.78, 5) is 14.4. The molecule has 86 valence electrons. The number of hydrogen-bond donors (Lipinski definition) is 1. The normalized spacial score (nSPS) is 18.2. The van der Waals surface area contributed by atoms with Gasteiger partial charge in [0.1, 0.15) is 0 Å². The van der Waals surface area contributed by atoms with Crippen LogP contribution in [0.2, 0.25) is 0 Å². The Morgan fingerprint density at radius 3 is 2.50 bits per heavy atom. The molecule has 1 aliphatic carbocycles. The van der Waals surface area contributed by atoms with Gasteiger partial charge in [-0.1, -0.05) is 0 Å². The molecule has 3 nitrogen and oxygen atoms in total. The van der Waals surface area contributed by atoms with Gasteiger partial charge in [0, 0.05) is 12.4 Å². The van der Waals surface area contributed by atoms with E-state index in [1.807, 2.05) is 0 Å². The number of halogens is 3. The summed E-state index contributed by atoms with van der Waals surface area (Å²) in [6.07, 6.45) is -2.20. The van der Waals surface area contributed by atoms with Gasteiger partial charge in [0.25, 0.3) is 0 Å². The number of hydrogen-bond acceptors (Lipinski definition) is 2. The fraction of sp³-hybridized carbons (Fsp3) is 0.400. The van der Waals surface area contributed by atoms with Crippen molar-refractivity contribution < 1.29 is 23.1 Å². The number of carboxylic acid groups (broad SMARTS) is 1. The van der Waals surface area contributed by atoms with Gasteiger partial charge in [-0.3, -0.25) is 9.78 Å². The minimum atomic E-state index is -4.56. The van der Waals surface area contributed by atoms with E-state index in [1.165, 1.54) is 6.20 Å². The third kappa shape index (κ3) is 1.54. The van der Waals surface area contributed by atoms with Crippen molar-refractivity contribution in [3.05, 3.63) is 29.6 Å². The lowest BCUT2D eigenvalue weighted by Crippen LogP contribution is -2.24. The highest BCUT2D eigenvalue weighted by Gasteiger charge is 2.55. The van der Waals surface area contributed by atoms with Crippen molar-refractivity contribution in [3.8, 4) is 0 Å². The molecule has 1 aromatic heterocycles. The molecule has 0 radical (unpaired) electrons. The third-order valence-electron chi connectivity index (χ3n) is 2.80. The van der Waals surface area contributed by atoms with Gasteiger partial charge < -0.3 is 5.11 Å². The predicted octanol–water partition coefficient (Wildman–Crippen LogP) is 2.22. The van der Waals surface area contributed by atoms with Gasteiger partial charge >= 0.3 is 12.1 Å².